The first kappa shape index (κ1) is 24.7. The van der Waals surface area contributed by atoms with Gasteiger partial charge in [0.15, 0.2) is 0 Å². The van der Waals surface area contributed by atoms with E-state index in [1.807, 2.05) is 12.3 Å². The van der Waals surface area contributed by atoms with Crippen molar-refractivity contribution in [3.05, 3.63) is 125 Å². The summed E-state index contributed by atoms with van der Waals surface area (Å²) in [5.74, 6) is 0. The predicted octanol–water partition coefficient (Wildman–Crippen LogP) is 7.01. The molecule has 3 heterocycles. The van der Waals surface area contributed by atoms with Crippen molar-refractivity contribution in [2.75, 3.05) is 4.78 Å². The number of hydrogen-bond acceptors (Lipinski definition) is 2. The van der Waals surface area contributed by atoms with Crippen molar-refractivity contribution in [2.24, 2.45) is 5.10 Å². The first-order valence-electron chi connectivity index (χ1n) is 12.9. The van der Waals surface area contributed by atoms with Gasteiger partial charge in [-0.25, -0.2) is 4.78 Å². The molecule has 3 aromatic carbocycles. The number of hydrogen-bond donors (Lipinski definition) is 0. The minimum Gasteiger partial charge on any atom is -0.318 e. The van der Waals surface area contributed by atoms with Crippen LogP contribution in [0.25, 0.3) is 11.4 Å². The van der Waals surface area contributed by atoms with Crippen LogP contribution in [-0.2, 0) is 11.8 Å². The highest BCUT2D eigenvalue weighted by molar-refractivity contribution is 8.22. The van der Waals surface area contributed by atoms with Crippen LogP contribution in [0.15, 0.2) is 96.1 Å². The van der Waals surface area contributed by atoms with Crippen molar-refractivity contribution in [3.63, 3.8) is 0 Å². The zero-order valence-electron chi connectivity index (χ0n) is 22.4. The number of fused-ring (bicyclic) bond motifs is 1. The molecule has 6 heteroatoms. The maximum absolute atomic E-state index is 6.92. The molecule has 0 amide bonds. The van der Waals surface area contributed by atoms with Gasteiger partial charge < -0.3 is 9.13 Å². The zero-order chi connectivity index (χ0) is 26.6. The summed E-state index contributed by atoms with van der Waals surface area (Å²) in [7, 11) is 0. The molecule has 0 saturated carbocycles. The second-order valence-corrected chi connectivity index (χ2v) is 14.0. The molecule has 0 radical (unpaired) electrons. The Hall–Kier alpha value is -3.66. The summed E-state index contributed by atoms with van der Waals surface area (Å²) in [5, 5.41) is 7.48. The molecule has 0 N–H and O–H groups in total. The van der Waals surface area contributed by atoms with Gasteiger partial charge in [-0.3, -0.25) is 0 Å². The quantitative estimate of drug-likeness (QED) is 0.232. The van der Waals surface area contributed by atoms with Crippen molar-refractivity contribution in [1.29, 1.82) is 0 Å². The van der Waals surface area contributed by atoms with E-state index in [0.29, 0.717) is 0 Å². The lowest BCUT2D eigenvalue weighted by atomic mass is 10.2. The topological polar surface area (TPSA) is 25.5 Å². The van der Waals surface area contributed by atoms with Crippen molar-refractivity contribution < 1.29 is 0 Å². The number of benzene rings is 3. The highest BCUT2D eigenvalue weighted by Gasteiger charge is 2.41. The summed E-state index contributed by atoms with van der Waals surface area (Å²) < 4.78 is 6.81. The first-order valence-corrected chi connectivity index (χ1v) is 15.6. The number of para-hydroxylation sites is 2. The Morgan fingerprint density at radius 2 is 1.21 bits per heavy atom. The number of nitrogens with zero attached hydrogens (tertiary/aromatic N) is 4. The Bertz CT molecular complexity index is 1730. The van der Waals surface area contributed by atoms with Crippen molar-refractivity contribution >= 4 is 40.5 Å². The molecule has 0 fully saturated rings. The lowest BCUT2D eigenvalue weighted by molar-refractivity contribution is 0.967. The smallest absolute Gasteiger partial charge is 0.119 e. The average molecular weight is 535 g/mol. The third kappa shape index (κ3) is 3.65. The van der Waals surface area contributed by atoms with Crippen LogP contribution in [0.2, 0.25) is 0 Å². The summed E-state index contributed by atoms with van der Waals surface area (Å²) in [6.07, 6.45) is -0.591. The Balaban J connectivity index is 1.65. The number of hydrazone groups is 1. The zero-order valence-corrected chi connectivity index (χ0v) is 24.1. The van der Waals surface area contributed by atoms with Crippen LogP contribution in [0.3, 0.4) is 0 Å². The minimum absolute atomic E-state index is 1.02. The van der Waals surface area contributed by atoms with Gasteiger partial charge in [-0.1, -0.05) is 65.9 Å². The Morgan fingerprint density at radius 1 is 0.632 bits per heavy atom. The van der Waals surface area contributed by atoms with E-state index in [2.05, 4.69) is 133 Å². The molecule has 0 saturated heterocycles. The van der Waals surface area contributed by atoms with Gasteiger partial charge in [0.1, 0.15) is 6.19 Å². The fraction of sp³-hybridized carbons (Fsp3) is 0.156. The van der Waals surface area contributed by atoms with Crippen molar-refractivity contribution in [1.82, 2.24) is 9.13 Å². The van der Waals surface area contributed by atoms with E-state index in [9.17, 15) is 0 Å². The van der Waals surface area contributed by atoms with Crippen LogP contribution in [0.5, 0.6) is 0 Å². The van der Waals surface area contributed by atoms with Crippen molar-refractivity contribution in [3.8, 4) is 11.4 Å². The predicted molar refractivity (Wildman–Crippen MR) is 165 cm³/mol. The van der Waals surface area contributed by atoms with Crippen LogP contribution in [0.4, 0.5) is 5.69 Å². The van der Waals surface area contributed by atoms with Crippen LogP contribution in [0.1, 0.15) is 33.9 Å². The lowest BCUT2D eigenvalue weighted by Gasteiger charge is -2.36. The molecule has 38 heavy (non-hydrogen) atoms. The minimum atomic E-state index is -2.60. The van der Waals surface area contributed by atoms with Gasteiger partial charge in [0.05, 0.1) is 11.9 Å². The molecule has 1 aliphatic heterocycles. The third-order valence-corrected chi connectivity index (χ3v) is 12.3. The summed E-state index contributed by atoms with van der Waals surface area (Å²) in [6.45, 7) is 10.9. The summed E-state index contributed by atoms with van der Waals surface area (Å²) in [6, 6.07) is 31.9. The van der Waals surface area contributed by atoms with E-state index in [4.69, 9.17) is 16.9 Å². The second kappa shape index (κ2) is 9.27. The molecule has 190 valence electrons. The SMILES string of the molecule is Cc1ccc(-n2c(C)cc(P3(=S)c4c(c(C)n(-c5ccccc5)c4C)C=NN3c3ccccc3)c2C)cc1. The highest BCUT2D eigenvalue weighted by Crippen LogP contribution is 2.55. The van der Waals surface area contributed by atoms with E-state index in [-0.39, 0.29) is 0 Å². The van der Waals surface area contributed by atoms with Crippen molar-refractivity contribution in [2.45, 2.75) is 34.6 Å². The maximum atomic E-state index is 6.92. The monoisotopic (exact) mass is 534 g/mol. The van der Waals surface area contributed by atoms with Crippen LogP contribution >= 0.6 is 6.19 Å². The summed E-state index contributed by atoms with van der Waals surface area (Å²) in [4.78, 5) is 0. The molecule has 1 aliphatic rings. The molecule has 0 bridgehead atoms. The Kier molecular flexibility index (Phi) is 6.02. The summed E-state index contributed by atoms with van der Waals surface area (Å²) in [5.41, 5.74) is 10.4. The van der Waals surface area contributed by atoms with Crippen LogP contribution in [0, 0.1) is 34.6 Å². The van der Waals surface area contributed by atoms with E-state index < -0.39 is 6.19 Å². The van der Waals surface area contributed by atoms with E-state index >= 15 is 0 Å². The van der Waals surface area contributed by atoms with E-state index in [1.165, 1.54) is 38.9 Å². The molecular weight excluding hydrogens is 503 g/mol. The Morgan fingerprint density at radius 3 is 1.84 bits per heavy atom. The van der Waals surface area contributed by atoms with Gasteiger partial charge >= 0.3 is 0 Å². The molecule has 0 aliphatic carbocycles. The van der Waals surface area contributed by atoms with Gasteiger partial charge in [-0.2, -0.15) is 5.10 Å². The second-order valence-electron chi connectivity index (χ2n) is 9.98. The third-order valence-electron chi connectivity index (χ3n) is 7.55. The van der Waals surface area contributed by atoms with Gasteiger partial charge in [-0.15, -0.1) is 0 Å². The van der Waals surface area contributed by atoms with Gasteiger partial charge in [0.2, 0.25) is 0 Å². The van der Waals surface area contributed by atoms with E-state index in [1.54, 1.807) is 0 Å². The average Bonchev–Trinajstić information content (AvgIpc) is 3.38. The summed E-state index contributed by atoms with van der Waals surface area (Å²) >= 11 is 6.92. The normalized spacial score (nSPS) is 16.6. The number of aryl methyl sites for hydroxylation is 2. The van der Waals surface area contributed by atoms with Gasteiger partial charge in [0.25, 0.3) is 0 Å². The largest absolute Gasteiger partial charge is 0.318 e. The van der Waals surface area contributed by atoms with E-state index in [0.717, 1.165) is 22.6 Å². The number of aromatic nitrogens is 2. The molecule has 2 aromatic heterocycles. The molecule has 1 atom stereocenters. The standard InChI is InChI=1S/C32H31N4PS/c1-22-16-18-28(19-17-22)34-23(2)20-31(25(34)4)37(38)32-26(5)35(27-12-8-6-9-13-27)24(3)30(32)21-33-36(37)29-14-10-7-11-15-29/h6-21H,1-5H3. The molecular formula is C32H31N4PS. The maximum Gasteiger partial charge on any atom is 0.119 e. The molecule has 4 nitrogen and oxygen atoms in total. The van der Waals surface area contributed by atoms with Gasteiger partial charge in [0, 0.05) is 50.3 Å². The first-order chi connectivity index (χ1) is 18.3. The molecule has 5 aromatic rings. The molecule has 1 unspecified atom stereocenters. The van der Waals surface area contributed by atoms with Crippen LogP contribution < -0.4 is 15.4 Å². The fourth-order valence-electron chi connectivity index (χ4n) is 5.78. The number of anilines is 1. The molecule has 6 rings (SSSR count). The number of rotatable bonds is 4. The van der Waals surface area contributed by atoms with Gasteiger partial charge in [-0.05, 0) is 77.1 Å². The highest BCUT2D eigenvalue weighted by atomic mass is 32.4. The Labute approximate surface area is 229 Å². The molecule has 0 spiro atoms. The fourth-order valence-corrected chi connectivity index (χ4v) is 10.7. The lowest BCUT2D eigenvalue weighted by Crippen LogP contribution is -2.35. The van der Waals surface area contributed by atoms with Crippen LogP contribution in [-0.4, -0.2) is 15.3 Å².